The van der Waals surface area contributed by atoms with Gasteiger partial charge in [-0.3, -0.25) is 4.79 Å². The molecule has 2 aromatic carbocycles. The van der Waals surface area contributed by atoms with Gasteiger partial charge in [0.15, 0.2) is 0 Å². The van der Waals surface area contributed by atoms with Gasteiger partial charge >= 0.3 is 6.03 Å². The number of piperazine rings is 1. The van der Waals surface area contributed by atoms with Gasteiger partial charge in [0, 0.05) is 69.5 Å². The van der Waals surface area contributed by atoms with Crippen molar-refractivity contribution in [2.75, 3.05) is 68.0 Å². The van der Waals surface area contributed by atoms with Gasteiger partial charge in [0.25, 0.3) is 5.91 Å². The van der Waals surface area contributed by atoms with E-state index in [1.807, 2.05) is 52.3 Å². The van der Waals surface area contributed by atoms with Crippen molar-refractivity contribution in [2.24, 2.45) is 5.73 Å². The van der Waals surface area contributed by atoms with E-state index in [0.717, 1.165) is 30.0 Å². The van der Waals surface area contributed by atoms with Crippen molar-refractivity contribution in [3.8, 4) is 0 Å². The molecule has 38 heavy (non-hydrogen) atoms. The molecule has 0 radical (unpaired) electrons. The summed E-state index contributed by atoms with van der Waals surface area (Å²) >= 11 is 0. The molecule has 2 fully saturated rings. The maximum absolute atomic E-state index is 12.7. The first-order valence-electron chi connectivity index (χ1n) is 12.9. The van der Waals surface area contributed by atoms with Crippen LogP contribution in [0.1, 0.15) is 15.9 Å². The van der Waals surface area contributed by atoms with Gasteiger partial charge in [0.2, 0.25) is 0 Å². The summed E-state index contributed by atoms with van der Waals surface area (Å²) in [6.45, 7) is 6.09. The van der Waals surface area contributed by atoms with E-state index in [1.54, 1.807) is 6.07 Å². The lowest BCUT2D eigenvalue weighted by molar-refractivity contribution is 0.0428. The molecule has 0 aliphatic carbocycles. The van der Waals surface area contributed by atoms with Gasteiger partial charge < -0.3 is 35.8 Å². The molecule has 10 nitrogen and oxygen atoms in total. The zero-order valence-corrected chi connectivity index (χ0v) is 21.3. The van der Waals surface area contributed by atoms with Gasteiger partial charge in [0.05, 0.1) is 24.5 Å². The molecule has 3 heterocycles. The van der Waals surface area contributed by atoms with E-state index in [-0.39, 0.29) is 6.03 Å². The Morgan fingerprint density at radius 3 is 2.26 bits per heavy atom. The largest absolute Gasteiger partial charge is 0.380 e. The average Bonchev–Trinajstić information content (AvgIpc) is 2.97. The highest BCUT2D eigenvalue weighted by Crippen LogP contribution is 2.25. The van der Waals surface area contributed by atoms with Crippen LogP contribution in [0, 0.1) is 0 Å². The zero-order valence-electron chi connectivity index (χ0n) is 21.3. The lowest BCUT2D eigenvalue weighted by Crippen LogP contribution is -2.54. The van der Waals surface area contributed by atoms with Crippen LogP contribution in [0.5, 0.6) is 0 Å². The second kappa shape index (κ2) is 11.8. The van der Waals surface area contributed by atoms with E-state index in [9.17, 15) is 9.59 Å². The Bertz CT molecular complexity index is 1240. The Morgan fingerprint density at radius 2 is 1.58 bits per heavy atom. The number of hydrogen-bond acceptors (Lipinski definition) is 7. The highest BCUT2D eigenvalue weighted by Gasteiger charge is 2.26. The van der Waals surface area contributed by atoms with Crippen molar-refractivity contribution >= 4 is 34.8 Å². The molecule has 2 aliphatic rings. The van der Waals surface area contributed by atoms with Crippen LogP contribution in [0.15, 0.2) is 66.9 Å². The number of carbonyl (C=O) groups excluding carboxylic acids is 2. The molecule has 1 aromatic heterocycles. The second-order valence-corrected chi connectivity index (χ2v) is 9.35. The van der Waals surface area contributed by atoms with Gasteiger partial charge in [-0.15, -0.1) is 0 Å². The molecule has 5 rings (SSSR count). The van der Waals surface area contributed by atoms with Crippen LogP contribution in [0.4, 0.5) is 27.7 Å². The summed E-state index contributed by atoms with van der Waals surface area (Å²) in [6.07, 6.45) is 1.49. The number of aromatic nitrogens is 1. The summed E-state index contributed by atoms with van der Waals surface area (Å²) in [5, 5.41) is 6.60. The molecule has 2 saturated heterocycles. The summed E-state index contributed by atoms with van der Waals surface area (Å²) in [5.41, 5.74) is 9.61. The number of urea groups is 1. The molecular formula is C28H33N7O3. The number of nitrogens with one attached hydrogen (secondary N) is 2. The fraction of sp³-hybridized carbons (Fsp3) is 0.321. The minimum absolute atomic E-state index is 0.111. The first-order chi connectivity index (χ1) is 18.6. The van der Waals surface area contributed by atoms with Crippen LogP contribution in [0.2, 0.25) is 0 Å². The topological polar surface area (TPSA) is 116 Å². The number of anilines is 4. The molecule has 4 N–H and O–H groups in total. The quantitative estimate of drug-likeness (QED) is 0.443. The molecule has 2 aliphatic heterocycles. The number of hydrogen-bond donors (Lipinski definition) is 3. The lowest BCUT2D eigenvalue weighted by atomic mass is 10.2. The SMILES string of the molecule is NC(=O)c1cnc(Nc2ccc(N3CCN(C(=O)N4CCOCC4)CC3)cc2)cc1NCc1ccccc1. The van der Waals surface area contributed by atoms with E-state index in [2.05, 4.69) is 32.7 Å². The van der Waals surface area contributed by atoms with E-state index in [1.165, 1.54) is 6.20 Å². The Morgan fingerprint density at radius 1 is 0.895 bits per heavy atom. The number of carbonyl (C=O) groups is 2. The monoisotopic (exact) mass is 515 g/mol. The third-order valence-electron chi connectivity index (χ3n) is 6.83. The Labute approximate surface area is 222 Å². The van der Waals surface area contributed by atoms with Crippen molar-refractivity contribution in [2.45, 2.75) is 6.54 Å². The predicted octanol–water partition coefficient (Wildman–Crippen LogP) is 3.11. The molecule has 0 bridgehead atoms. The standard InChI is InChI=1S/C28H33N7O3/c29-27(36)24-20-31-26(18-25(24)30-19-21-4-2-1-3-5-21)32-22-6-8-23(9-7-22)33-10-12-34(13-11-33)28(37)35-14-16-38-17-15-35/h1-9,18,20H,10-17,19H2,(H2,29,36)(H2,30,31,32). The minimum atomic E-state index is -0.532. The summed E-state index contributed by atoms with van der Waals surface area (Å²) in [4.78, 5) is 35.1. The van der Waals surface area contributed by atoms with E-state index < -0.39 is 5.91 Å². The minimum Gasteiger partial charge on any atom is -0.380 e. The van der Waals surface area contributed by atoms with Crippen LogP contribution in [0.3, 0.4) is 0 Å². The Hall–Kier alpha value is -4.31. The third-order valence-corrected chi connectivity index (χ3v) is 6.83. The number of nitrogens with two attached hydrogens (primary N) is 1. The number of amides is 3. The van der Waals surface area contributed by atoms with Crippen molar-refractivity contribution in [3.05, 3.63) is 78.0 Å². The molecule has 0 saturated carbocycles. The molecule has 0 unspecified atom stereocenters. The number of rotatable bonds is 7. The molecule has 3 amide bonds. The number of pyridine rings is 1. The zero-order chi connectivity index (χ0) is 26.3. The van der Waals surface area contributed by atoms with Crippen LogP contribution < -0.4 is 21.3 Å². The predicted molar refractivity (Wildman–Crippen MR) is 148 cm³/mol. The molecular weight excluding hydrogens is 482 g/mol. The molecule has 0 atom stereocenters. The molecule has 3 aromatic rings. The average molecular weight is 516 g/mol. The molecule has 10 heteroatoms. The Balaban J connectivity index is 1.18. The van der Waals surface area contributed by atoms with Crippen LogP contribution in [0.25, 0.3) is 0 Å². The van der Waals surface area contributed by atoms with Gasteiger partial charge in [-0.2, -0.15) is 0 Å². The fourth-order valence-electron chi connectivity index (χ4n) is 4.67. The first-order valence-corrected chi connectivity index (χ1v) is 12.9. The highest BCUT2D eigenvalue weighted by atomic mass is 16.5. The van der Waals surface area contributed by atoms with Gasteiger partial charge in [0.1, 0.15) is 5.82 Å². The number of morpholine rings is 1. The summed E-state index contributed by atoms with van der Waals surface area (Å²) < 4.78 is 5.36. The number of ether oxygens (including phenoxy) is 1. The third kappa shape index (κ3) is 6.15. The number of primary amides is 1. The van der Waals surface area contributed by atoms with E-state index in [0.29, 0.717) is 63.0 Å². The van der Waals surface area contributed by atoms with E-state index >= 15 is 0 Å². The van der Waals surface area contributed by atoms with Crippen LogP contribution in [-0.4, -0.2) is 79.2 Å². The maximum atomic E-state index is 12.7. The van der Waals surface area contributed by atoms with Crippen molar-refractivity contribution in [1.82, 2.24) is 14.8 Å². The highest BCUT2D eigenvalue weighted by molar-refractivity contribution is 5.98. The van der Waals surface area contributed by atoms with Crippen LogP contribution in [-0.2, 0) is 11.3 Å². The van der Waals surface area contributed by atoms with Gasteiger partial charge in [-0.25, -0.2) is 9.78 Å². The summed E-state index contributed by atoms with van der Waals surface area (Å²) in [6, 6.07) is 20.0. The number of nitrogens with zero attached hydrogens (tertiary/aromatic N) is 4. The number of benzene rings is 2. The van der Waals surface area contributed by atoms with E-state index in [4.69, 9.17) is 10.5 Å². The fourth-order valence-corrected chi connectivity index (χ4v) is 4.67. The van der Waals surface area contributed by atoms with Crippen molar-refractivity contribution in [3.63, 3.8) is 0 Å². The van der Waals surface area contributed by atoms with Gasteiger partial charge in [-0.1, -0.05) is 30.3 Å². The molecule has 0 spiro atoms. The first kappa shape index (κ1) is 25.3. The normalized spacial score (nSPS) is 15.7. The van der Waals surface area contributed by atoms with Crippen LogP contribution >= 0.6 is 0 Å². The van der Waals surface area contributed by atoms with Crippen molar-refractivity contribution in [1.29, 1.82) is 0 Å². The second-order valence-electron chi connectivity index (χ2n) is 9.35. The summed E-state index contributed by atoms with van der Waals surface area (Å²) in [5.74, 6) is 0.0734. The maximum Gasteiger partial charge on any atom is 0.320 e. The smallest absolute Gasteiger partial charge is 0.320 e. The lowest BCUT2D eigenvalue weighted by Gasteiger charge is -2.39. The Kier molecular flexibility index (Phi) is 7.89. The van der Waals surface area contributed by atoms with Gasteiger partial charge in [-0.05, 0) is 29.8 Å². The summed E-state index contributed by atoms with van der Waals surface area (Å²) in [7, 11) is 0. The molecule has 198 valence electrons. The van der Waals surface area contributed by atoms with Crippen molar-refractivity contribution < 1.29 is 14.3 Å².